The molecule has 0 aromatic heterocycles. The first-order valence-electron chi connectivity index (χ1n) is 5.01. The Morgan fingerprint density at radius 3 is 2.23 bits per heavy atom. The van der Waals surface area contributed by atoms with Crippen LogP contribution < -0.4 is 5.32 Å². The molecule has 0 aliphatic rings. The zero-order valence-electron chi connectivity index (χ0n) is 9.17. The van der Waals surface area contributed by atoms with Crippen LogP contribution in [0.4, 0.5) is 0 Å². The zero-order valence-corrected chi connectivity index (χ0v) is 9.17. The van der Waals surface area contributed by atoms with Gasteiger partial charge in [-0.05, 0) is 33.6 Å². The Hall–Kier alpha value is -0.120. The third-order valence-electron chi connectivity index (χ3n) is 2.52. The molecule has 0 heterocycles. The smallest absolute Gasteiger partial charge is 0.0741 e. The number of nitrogens with one attached hydrogen (secondary N) is 1. The highest BCUT2D eigenvalue weighted by atomic mass is 16.3. The molecular weight excluding hydrogens is 166 g/mol. The summed E-state index contributed by atoms with van der Waals surface area (Å²) in [5, 5.41) is 21.8. The van der Waals surface area contributed by atoms with E-state index in [1.807, 2.05) is 6.92 Å². The maximum Gasteiger partial charge on any atom is 0.0741 e. The van der Waals surface area contributed by atoms with Crippen LogP contribution in [0.15, 0.2) is 0 Å². The lowest BCUT2D eigenvalue weighted by Gasteiger charge is -2.30. The van der Waals surface area contributed by atoms with Crippen LogP contribution >= 0.6 is 0 Å². The predicted molar refractivity (Wildman–Crippen MR) is 54.7 cm³/mol. The molecule has 0 radical (unpaired) electrons. The van der Waals surface area contributed by atoms with Crippen molar-refractivity contribution in [2.24, 2.45) is 0 Å². The van der Waals surface area contributed by atoms with Crippen LogP contribution in [0.25, 0.3) is 0 Å². The fourth-order valence-corrected chi connectivity index (χ4v) is 1.12. The molecule has 0 aliphatic heterocycles. The molecule has 0 aromatic rings. The van der Waals surface area contributed by atoms with E-state index < -0.39 is 5.60 Å². The molecule has 0 spiro atoms. The molecule has 0 saturated carbocycles. The van der Waals surface area contributed by atoms with Gasteiger partial charge in [0, 0.05) is 18.7 Å². The summed E-state index contributed by atoms with van der Waals surface area (Å²) in [6.07, 6.45) is 1.72. The van der Waals surface area contributed by atoms with E-state index in [1.165, 1.54) is 0 Å². The highest BCUT2D eigenvalue weighted by Crippen LogP contribution is 2.10. The minimum atomic E-state index is -0.705. The molecule has 2 atom stereocenters. The summed E-state index contributed by atoms with van der Waals surface area (Å²) < 4.78 is 0. The lowest BCUT2D eigenvalue weighted by Crippen LogP contribution is -2.48. The van der Waals surface area contributed by atoms with Gasteiger partial charge < -0.3 is 15.5 Å². The van der Waals surface area contributed by atoms with Crippen LogP contribution in [0.3, 0.4) is 0 Å². The van der Waals surface area contributed by atoms with Crippen LogP contribution in [-0.4, -0.2) is 34.5 Å². The van der Waals surface area contributed by atoms with Gasteiger partial charge >= 0.3 is 0 Å². The summed E-state index contributed by atoms with van der Waals surface area (Å²) in [7, 11) is 0. The second-order valence-corrected chi connectivity index (χ2v) is 4.16. The van der Waals surface area contributed by atoms with Crippen molar-refractivity contribution in [2.45, 2.75) is 58.2 Å². The minimum absolute atomic E-state index is 0.0454. The van der Waals surface area contributed by atoms with Crippen molar-refractivity contribution in [3.63, 3.8) is 0 Å². The van der Waals surface area contributed by atoms with Gasteiger partial charge in [-0.25, -0.2) is 0 Å². The average Bonchev–Trinajstić information content (AvgIpc) is 2.01. The topological polar surface area (TPSA) is 52.5 Å². The quantitative estimate of drug-likeness (QED) is 0.582. The average molecular weight is 189 g/mol. The van der Waals surface area contributed by atoms with Crippen LogP contribution in [0.2, 0.25) is 0 Å². The Morgan fingerprint density at radius 1 is 1.38 bits per heavy atom. The zero-order chi connectivity index (χ0) is 10.5. The molecule has 0 aliphatic carbocycles. The summed E-state index contributed by atoms with van der Waals surface area (Å²) in [4.78, 5) is 0. The fraction of sp³-hybridized carbons (Fsp3) is 1.00. The van der Waals surface area contributed by atoms with Crippen LogP contribution in [0.1, 0.15) is 40.5 Å². The Bertz CT molecular complexity index is 131. The molecular formula is C10H23NO2. The fourth-order valence-electron chi connectivity index (χ4n) is 1.12. The summed E-state index contributed by atoms with van der Waals surface area (Å²) in [5.74, 6) is 0. The summed E-state index contributed by atoms with van der Waals surface area (Å²) in [6.45, 7) is 7.81. The number of rotatable bonds is 6. The van der Waals surface area contributed by atoms with Gasteiger partial charge in [-0.15, -0.1) is 0 Å². The van der Waals surface area contributed by atoms with E-state index in [-0.39, 0.29) is 12.6 Å². The summed E-state index contributed by atoms with van der Waals surface area (Å²) in [6, 6.07) is 0.343. The van der Waals surface area contributed by atoms with Crippen LogP contribution in [0.5, 0.6) is 0 Å². The van der Waals surface area contributed by atoms with Gasteiger partial charge in [0.2, 0.25) is 0 Å². The normalized spacial score (nSPS) is 17.1. The van der Waals surface area contributed by atoms with Gasteiger partial charge in [-0.3, -0.25) is 0 Å². The molecule has 0 saturated heterocycles. The van der Waals surface area contributed by atoms with Gasteiger partial charge in [0.1, 0.15) is 0 Å². The molecule has 0 amide bonds. The number of hydrogen-bond acceptors (Lipinski definition) is 3. The van der Waals surface area contributed by atoms with Crippen molar-refractivity contribution in [3.05, 3.63) is 0 Å². The van der Waals surface area contributed by atoms with Crippen molar-refractivity contribution >= 4 is 0 Å². The first-order chi connectivity index (χ1) is 5.91. The molecule has 2 unspecified atom stereocenters. The van der Waals surface area contributed by atoms with E-state index in [0.717, 1.165) is 12.8 Å². The van der Waals surface area contributed by atoms with Crippen molar-refractivity contribution < 1.29 is 10.2 Å². The Balaban J connectivity index is 3.93. The number of hydrogen-bond donors (Lipinski definition) is 3. The maximum absolute atomic E-state index is 9.67. The van der Waals surface area contributed by atoms with E-state index in [4.69, 9.17) is 5.11 Å². The first kappa shape index (κ1) is 12.9. The largest absolute Gasteiger partial charge is 0.396 e. The molecule has 3 nitrogen and oxygen atoms in total. The van der Waals surface area contributed by atoms with E-state index in [2.05, 4.69) is 12.2 Å². The molecule has 0 aromatic carbocycles. The third kappa shape index (κ3) is 5.24. The molecule has 0 bridgehead atoms. The van der Waals surface area contributed by atoms with Gasteiger partial charge in [0.05, 0.1) is 5.60 Å². The monoisotopic (exact) mass is 189 g/mol. The van der Waals surface area contributed by atoms with Crippen molar-refractivity contribution in [1.82, 2.24) is 5.32 Å². The van der Waals surface area contributed by atoms with E-state index in [1.54, 1.807) is 13.8 Å². The first-order valence-corrected chi connectivity index (χ1v) is 5.01. The Kier molecular flexibility index (Phi) is 5.53. The molecule has 3 N–H and O–H groups in total. The van der Waals surface area contributed by atoms with E-state index in [9.17, 15) is 5.11 Å². The number of aliphatic hydroxyl groups excluding tert-OH is 1. The molecule has 3 heteroatoms. The highest BCUT2D eigenvalue weighted by Gasteiger charge is 2.23. The van der Waals surface area contributed by atoms with Crippen LogP contribution in [-0.2, 0) is 0 Å². The Morgan fingerprint density at radius 2 is 1.92 bits per heavy atom. The van der Waals surface area contributed by atoms with Crippen LogP contribution in [0, 0.1) is 0 Å². The van der Waals surface area contributed by atoms with Gasteiger partial charge in [0.15, 0.2) is 0 Å². The summed E-state index contributed by atoms with van der Waals surface area (Å²) >= 11 is 0. The minimum Gasteiger partial charge on any atom is -0.396 e. The summed E-state index contributed by atoms with van der Waals surface area (Å²) in [5.41, 5.74) is -0.705. The second-order valence-electron chi connectivity index (χ2n) is 4.16. The molecule has 80 valence electrons. The Labute approximate surface area is 81.2 Å². The number of aliphatic hydroxyl groups is 2. The van der Waals surface area contributed by atoms with Gasteiger partial charge in [0.25, 0.3) is 0 Å². The highest BCUT2D eigenvalue weighted by molar-refractivity contribution is 4.82. The van der Waals surface area contributed by atoms with Crippen molar-refractivity contribution in [2.75, 3.05) is 6.61 Å². The van der Waals surface area contributed by atoms with E-state index in [0.29, 0.717) is 6.04 Å². The SMILES string of the molecule is CCC(CCO)NC(C)C(C)(C)O. The van der Waals surface area contributed by atoms with Gasteiger partial charge in [-0.1, -0.05) is 6.92 Å². The van der Waals surface area contributed by atoms with E-state index >= 15 is 0 Å². The van der Waals surface area contributed by atoms with Gasteiger partial charge in [-0.2, -0.15) is 0 Å². The molecule has 0 rings (SSSR count). The lowest BCUT2D eigenvalue weighted by atomic mass is 9.99. The third-order valence-corrected chi connectivity index (χ3v) is 2.52. The molecule has 0 fully saturated rings. The standard InChI is InChI=1S/C10H23NO2/c1-5-9(6-7-12)11-8(2)10(3,4)13/h8-9,11-13H,5-7H2,1-4H3. The van der Waals surface area contributed by atoms with Crippen molar-refractivity contribution in [3.8, 4) is 0 Å². The lowest BCUT2D eigenvalue weighted by molar-refractivity contribution is 0.0381. The predicted octanol–water partition coefficient (Wildman–Crippen LogP) is 0.896. The maximum atomic E-state index is 9.67. The second kappa shape index (κ2) is 5.58. The molecule has 13 heavy (non-hydrogen) atoms. The van der Waals surface area contributed by atoms with Crippen molar-refractivity contribution in [1.29, 1.82) is 0 Å².